The smallest absolute Gasteiger partial charge is 0.103 e. The molecule has 3 heteroatoms. The molecule has 62 valence electrons. The van der Waals surface area contributed by atoms with E-state index in [2.05, 4.69) is 10.6 Å². The van der Waals surface area contributed by atoms with Gasteiger partial charge < -0.3 is 10.6 Å². The summed E-state index contributed by atoms with van der Waals surface area (Å²) in [6, 6.07) is 0. The normalized spacial score (nSPS) is 19.5. The van der Waals surface area contributed by atoms with Crippen molar-refractivity contribution in [3.63, 3.8) is 0 Å². The van der Waals surface area contributed by atoms with Crippen molar-refractivity contribution in [2.45, 2.75) is 19.0 Å². The van der Waals surface area contributed by atoms with Gasteiger partial charge in [0.15, 0.2) is 0 Å². The molecule has 2 nitrogen and oxygen atoms in total. The zero-order valence-corrected chi connectivity index (χ0v) is 6.78. The molecule has 0 unspecified atom stereocenters. The third kappa shape index (κ3) is 5.98. The minimum Gasteiger partial charge on any atom is -0.323 e. The summed E-state index contributed by atoms with van der Waals surface area (Å²) in [7, 11) is 3.75. The molecule has 1 fully saturated rings. The number of alkyl halides is 1. The molecule has 0 spiro atoms. The van der Waals surface area contributed by atoms with E-state index in [4.69, 9.17) is 0 Å². The molecule has 0 aromatic carbocycles. The summed E-state index contributed by atoms with van der Waals surface area (Å²) in [5.74, 6) is 0. The van der Waals surface area contributed by atoms with Gasteiger partial charge in [0.2, 0.25) is 0 Å². The van der Waals surface area contributed by atoms with Gasteiger partial charge in [0.1, 0.15) is 6.17 Å². The fourth-order valence-electron chi connectivity index (χ4n) is 0.787. The molecule has 10 heavy (non-hydrogen) atoms. The average molecular weight is 148 g/mol. The second kappa shape index (κ2) is 6.96. The van der Waals surface area contributed by atoms with E-state index in [1.165, 1.54) is 0 Å². The molecule has 0 aromatic rings. The van der Waals surface area contributed by atoms with Gasteiger partial charge in [0.05, 0.1) is 0 Å². The molecule has 2 N–H and O–H groups in total. The minimum atomic E-state index is -0.527. The topological polar surface area (TPSA) is 24.1 Å². The van der Waals surface area contributed by atoms with Crippen LogP contribution in [0.2, 0.25) is 0 Å². The zero-order valence-electron chi connectivity index (χ0n) is 6.78. The summed E-state index contributed by atoms with van der Waals surface area (Å²) in [6.07, 6.45) is 0.890. The first kappa shape index (κ1) is 9.85. The van der Waals surface area contributed by atoms with Crippen LogP contribution in [0.3, 0.4) is 0 Å². The fourth-order valence-corrected chi connectivity index (χ4v) is 0.787. The van der Waals surface area contributed by atoms with E-state index in [0.29, 0.717) is 12.8 Å². The summed E-state index contributed by atoms with van der Waals surface area (Å²) < 4.78 is 12.1. The maximum atomic E-state index is 12.1. The molecule has 0 saturated carbocycles. The van der Waals surface area contributed by atoms with E-state index in [9.17, 15) is 4.39 Å². The van der Waals surface area contributed by atoms with Gasteiger partial charge in [-0.15, -0.1) is 0 Å². The van der Waals surface area contributed by atoms with Crippen LogP contribution in [0.25, 0.3) is 0 Å². The molecule has 0 aliphatic carbocycles. The summed E-state index contributed by atoms with van der Waals surface area (Å²) in [4.78, 5) is 0. The van der Waals surface area contributed by atoms with E-state index in [-0.39, 0.29) is 0 Å². The van der Waals surface area contributed by atoms with Crippen molar-refractivity contribution >= 4 is 0 Å². The van der Waals surface area contributed by atoms with Crippen molar-refractivity contribution in [1.29, 1.82) is 0 Å². The predicted octanol–water partition coefficient (Wildman–Crippen LogP) is 0.543. The number of rotatable bonds is 0. The molecular formula is C7H17FN2. The van der Waals surface area contributed by atoms with Gasteiger partial charge >= 0.3 is 0 Å². The highest BCUT2D eigenvalue weighted by molar-refractivity contribution is 4.65. The van der Waals surface area contributed by atoms with Crippen LogP contribution < -0.4 is 10.6 Å². The van der Waals surface area contributed by atoms with Gasteiger partial charge in [-0.3, -0.25) is 0 Å². The Hall–Kier alpha value is -0.150. The highest BCUT2D eigenvalue weighted by Gasteiger charge is 2.09. The van der Waals surface area contributed by atoms with Crippen LogP contribution in [0.1, 0.15) is 12.8 Å². The van der Waals surface area contributed by atoms with Gasteiger partial charge in [-0.1, -0.05) is 0 Å². The van der Waals surface area contributed by atoms with Crippen molar-refractivity contribution in [3.8, 4) is 0 Å². The zero-order chi connectivity index (χ0) is 7.82. The average Bonchev–Trinajstić information content (AvgIpc) is 1.91. The molecule has 0 radical (unpaired) electrons. The van der Waals surface area contributed by atoms with Crippen LogP contribution in [0.4, 0.5) is 4.39 Å². The lowest BCUT2D eigenvalue weighted by Gasteiger charge is -2.14. The SMILES string of the molecule is CNC.FC1CCNCC1. The molecule has 1 rings (SSSR count). The third-order valence-electron chi connectivity index (χ3n) is 1.27. The van der Waals surface area contributed by atoms with Crippen LogP contribution in [-0.4, -0.2) is 33.4 Å². The minimum absolute atomic E-state index is 0.527. The van der Waals surface area contributed by atoms with E-state index in [1.807, 2.05) is 14.1 Å². The first-order valence-electron chi connectivity index (χ1n) is 3.74. The van der Waals surface area contributed by atoms with Gasteiger partial charge in [-0.25, -0.2) is 4.39 Å². The first-order valence-corrected chi connectivity index (χ1v) is 3.74. The summed E-state index contributed by atoms with van der Waals surface area (Å²) in [6.45, 7) is 1.72. The molecule has 1 aliphatic heterocycles. The highest BCUT2D eigenvalue weighted by Crippen LogP contribution is 2.04. The summed E-state index contributed by atoms with van der Waals surface area (Å²) in [5.41, 5.74) is 0. The number of halogens is 1. The molecule has 1 heterocycles. The Balaban J connectivity index is 0.000000236. The fraction of sp³-hybridized carbons (Fsp3) is 1.00. The maximum Gasteiger partial charge on any atom is 0.103 e. The largest absolute Gasteiger partial charge is 0.323 e. The molecule has 0 amide bonds. The number of hydrogen-bond acceptors (Lipinski definition) is 2. The second-order valence-corrected chi connectivity index (χ2v) is 2.42. The Labute approximate surface area is 62.2 Å². The van der Waals surface area contributed by atoms with Crippen LogP contribution in [-0.2, 0) is 0 Å². The molecule has 0 aromatic heterocycles. The molecule has 0 atom stereocenters. The standard InChI is InChI=1S/C5H10FN.C2H7N/c6-5-1-3-7-4-2-5;1-3-2/h5,7H,1-4H2;3H,1-2H3. The monoisotopic (exact) mass is 148 g/mol. The molecular weight excluding hydrogens is 131 g/mol. The lowest BCUT2D eigenvalue weighted by molar-refractivity contribution is 0.262. The van der Waals surface area contributed by atoms with Gasteiger partial charge in [-0.2, -0.15) is 0 Å². The van der Waals surface area contributed by atoms with Crippen molar-refractivity contribution in [1.82, 2.24) is 10.6 Å². The van der Waals surface area contributed by atoms with Crippen molar-refractivity contribution in [2.75, 3.05) is 27.2 Å². The predicted molar refractivity (Wildman–Crippen MR) is 42.0 cm³/mol. The van der Waals surface area contributed by atoms with E-state index in [1.54, 1.807) is 0 Å². The van der Waals surface area contributed by atoms with Gasteiger partial charge in [-0.05, 0) is 40.0 Å². The van der Waals surface area contributed by atoms with Gasteiger partial charge in [0.25, 0.3) is 0 Å². The Morgan fingerprint density at radius 2 is 1.70 bits per heavy atom. The Morgan fingerprint density at radius 1 is 1.30 bits per heavy atom. The lowest BCUT2D eigenvalue weighted by Crippen LogP contribution is -2.28. The third-order valence-corrected chi connectivity index (χ3v) is 1.27. The Morgan fingerprint density at radius 3 is 1.90 bits per heavy atom. The van der Waals surface area contributed by atoms with Crippen molar-refractivity contribution in [3.05, 3.63) is 0 Å². The Bertz CT molecular complexity index is 62.6. The molecule has 1 aliphatic rings. The van der Waals surface area contributed by atoms with Crippen LogP contribution in [0, 0.1) is 0 Å². The van der Waals surface area contributed by atoms with Crippen molar-refractivity contribution in [2.24, 2.45) is 0 Å². The lowest BCUT2D eigenvalue weighted by atomic mass is 10.1. The van der Waals surface area contributed by atoms with E-state index in [0.717, 1.165) is 13.1 Å². The molecule has 1 saturated heterocycles. The summed E-state index contributed by atoms with van der Waals surface area (Å²) >= 11 is 0. The van der Waals surface area contributed by atoms with Crippen LogP contribution >= 0.6 is 0 Å². The number of piperidine rings is 1. The quantitative estimate of drug-likeness (QED) is 0.524. The van der Waals surface area contributed by atoms with Crippen LogP contribution in [0.15, 0.2) is 0 Å². The van der Waals surface area contributed by atoms with Crippen LogP contribution in [0.5, 0.6) is 0 Å². The van der Waals surface area contributed by atoms with E-state index < -0.39 is 6.17 Å². The number of nitrogens with one attached hydrogen (secondary N) is 2. The maximum absolute atomic E-state index is 12.1. The highest BCUT2D eigenvalue weighted by atomic mass is 19.1. The van der Waals surface area contributed by atoms with E-state index >= 15 is 0 Å². The Kier molecular flexibility index (Phi) is 6.86. The first-order chi connectivity index (χ1) is 4.81. The number of hydrogen-bond donors (Lipinski definition) is 2. The summed E-state index contributed by atoms with van der Waals surface area (Å²) in [5, 5.41) is 5.83. The molecule has 0 bridgehead atoms. The second-order valence-electron chi connectivity index (χ2n) is 2.42. The van der Waals surface area contributed by atoms with Gasteiger partial charge in [0, 0.05) is 0 Å². The van der Waals surface area contributed by atoms with Crippen molar-refractivity contribution < 1.29 is 4.39 Å².